The summed E-state index contributed by atoms with van der Waals surface area (Å²) in [6.07, 6.45) is 7.29. The van der Waals surface area contributed by atoms with Gasteiger partial charge in [-0.2, -0.15) is 0 Å². The number of hydrogen-bond donors (Lipinski definition) is 2. The van der Waals surface area contributed by atoms with E-state index in [-0.39, 0.29) is 30.5 Å². The molecule has 4 heteroatoms. The number of nitrogens with zero attached hydrogens (tertiary/aromatic N) is 1. The molecule has 98 valence electrons. The fraction of sp³-hybridized carbons (Fsp3) is 0.923. The molecule has 2 rings (SSSR count). The molecule has 0 bridgehead atoms. The van der Waals surface area contributed by atoms with Gasteiger partial charge in [0.05, 0.1) is 18.6 Å². The lowest BCUT2D eigenvalue weighted by atomic mass is 9.93. The van der Waals surface area contributed by atoms with Crippen LogP contribution in [0, 0.1) is 5.92 Å². The quantitative estimate of drug-likeness (QED) is 0.704. The molecule has 0 spiro atoms. The Labute approximate surface area is 103 Å². The van der Waals surface area contributed by atoms with Crippen molar-refractivity contribution < 1.29 is 9.90 Å². The van der Waals surface area contributed by atoms with Crippen LogP contribution in [0.1, 0.15) is 44.9 Å². The van der Waals surface area contributed by atoms with Crippen LogP contribution in [0.2, 0.25) is 0 Å². The monoisotopic (exact) mass is 240 g/mol. The number of rotatable bonds is 2. The number of carbonyl (C=O) groups excluding carboxylic acids is 1. The highest BCUT2D eigenvalue weighted by atomic mass is 16.3. The Morgan fingerprint density at radius 2 is 1.94 bits per heavy atom. The van der Waals surface area contributed by atoms with Crippen molar-refractivity contribution in [2.24, 2.45) is 11.7 Å². The van der Waals surface area contributed by atoms with E-state index in [1.54, 1.807) is 0 Å². The SMILES string of the molecule is NC1CCCCCC1C(=O)N1CCC[C@H]1CO. The number of aliphatic hydroxyl groups is 1. The maximum Gasteiger partial charge on any atom is 0.227 e. The van der Waals surface area contributed by atoms with Crippen LogP contribution in [0.3, 0.4) is 0 Å². The van der Waals surface area contributed by atoms with E-state index in [0.29, 0.717) is 0 Å². The smallest absolute Gasteiger partial charge is 0.227 e. The minimum atomic E-state index is -0.00958. The highest BCUT2D eigenvalue weighted by Crippen LogP contribution is 2.27. The molecule has 0 aromatic heterocycles. The number of amides is 1. The molecule has 2 fully saturated rings. The average Bonchev–Trinajstić information content (AvgIpc) is 2.71. The Morgan fingerprint density at radius 1 is 1.18 bits per heavy atom. The van der Waals surface area contributed by atoms with Gasteiger partial charge in [0.15, 0.2) is 0 Å². The number of hydrogen-bond acceptors (Lipinski definition) is 3. The van der Waals surface area contributed by atoms with Crippen LogP contribution < -0.4 is 5.73 Å². The summed E-state index contributed by atoms with van der Waals surface area (Å²) >= 11 is 0. The maximum atomic E-state index is 12.5. The summed E-state index contributed by atoms with van der Waals surface area (Å²) in [5.74, 6) is 0.181. The van der Waals surface area contributed by atoms with Gasteiger partial charge in [0, 0.05) is 12.6 Å². The summed E-state index contributed by atoms with van der Waals surface area (Å²) in [5, 5.41) is 9.28. The summed E-state index contributed by atoms with van der Waals surface area (Å²) in [6, 6.07) is 0.0582. The highest BCUT2D eigenvalue weighted by Gasteiger charge is 2.35. The second-order valence-electron chi connectivity index (χ2n) is 5.42. The molecule has 1 aliphatic carbocycles. The standard InChI is InChI=1S/C13H24N2O2/c14-12-7-3-1-2-6-11(12)13(17)15-8-4-5-10(15)9-16/h10-12,16H,1-9,14H2/t10-,11?,12?/m0/s1. The Bertz CT molecular complexity index is 270. The van der Waals surface area contributed by atoms with E-state index in [4.69, 9.17) is 5.73 Å². The van der Waals surface area contributed by atoms with Crippen molar-refractivity contribution >= 4 is 5.91 Å². The largest absolute Gasteiger partial charge is 0.394 e. The summed E-state index contributed by atoms with van der Waals surface area (Å²) in [5.41, 5.74) is 6.12. The Hall–Kier alpha value is -0.610. The van der Waals surface area contributed by atoms with Crippen LogP contribution in [-0.4, -0.2) is 41.1 Å². The molecule has 3 N–H and O–H groups in total. The van der Waals surface area contributed by atoms with Gasteiger partial charge in [-0.1, -0.05) is 19.3 Å². The summed E-state index contributed by atoms with van der Waals surface area (Å²) < 4.78 is 0. The molecule has 3 atom stereocenters. The molecule has 1 amide bonds. The molecule has 0 aromatic carbocycles. The first-order valence-corrected chi connectivity index (χ1v) is 6.91. The van der Waals surface area contributed by atoms with E-state index < -0.39 is 0 Å². The summed E-state index contributed by atoms with van der Waals surface area (Å²) in [4.78, 5) is 14.3. The molecule has 2 unspecified atom stereocenters. The Morgan fingerprint density at radius 3 is 2.71 bits per heavy atom. The molecule has 1 saturated carbocycles. The molecule has 0 aromatic rings. The molecule has 1 aliphatic heterocycles. The van der Waals surface area contributed by atoms with Crippen molar-refractivity contribution in [3.05, 3.63) is 0 Å². The van der Waals surface area contributed by atoms with Crippen LogP contribution in [0.25, 0.3) is 0 Å². The average molecular weight is 240 g/mol. The minimum Gasteiger partial charge on any atom is -0.394 e. The predicted molar refractivity (Wildman–Crippen MR) is 66.4 cm³/mol. The van der Waals surface area contributed by atoms with Crippen molar-refractivity contribution in [1.82, 2.24) is 4.90 Å². The third-order valence-electron chi connectivity index (χ3n) is 4.26. The lowest BCUT2D eigenvalue weighted by Gasteiger charge is -2.30. The van der Waals surface area contributed by atoms with Gasteiger partial charge >= 0.3 is 0 Å². The van der Waals surface area contributed by atoms with E-state index in [1.807, 2.05) is 4.90 Å². The number of carbonyl (C=O) groups is 1. The van der Waals surface area contributed by atoms with Crippen LogP contribution in [-0.2, 0) is 4.79 Å². The Kier molecular flexibility index (Phi) is 4.40. The molecule has 0 radical (unpaired) electrons. The van der Waals surface area contributed by atoms with Crippen molar-refractivity contribution in [3.8, 4) is 0 Å². The molecule has 17 heavy (non-hydrogen) atoms. The van der Waals surface area contributed by atoms with E-state index in [1.165, 1.54) is 6.42 Å². The van der Waals surface area contributed by atoms with Gasteiger partial charge < -0.3 is 15.7 Å². The third kappa shape index (κ3) is 2.80. The first kappa shape index (κ1) is 12.8. The minimum absolute atomic E-state index is 0.00958. The van der Waals surface area contributed by atoms with Crippen molar-refractivity contribution in [2.45, 2.75) is 57.0 Å². The molecule has 1 saturated heterocycles. The molecule has 4 nitrogen and oxygen atoms in total. The van der Waals surface area contributed by atoms with Gasteiger partial charge in [-0.05, 0) is 25.7 Å². The third-order valence-corrected chi connectivity index (χ3v) is 4.26. The van der Waals surface area contributed by atoms with Gasteiger partial charge in [0.25, 0.3) is 0 Å². The zero-order chi connectivity index (χ0) is 12.3. The van der Waals surface area contributed by atoms with Crippen LogP contribution in [0.4, 0.5) is 0 Å². The fourth-order valence-corrected chi connectivity index (χ4v) is 3.17. The van der Waals surface area contributed by atoms with Crippen LogP contribution in [0.15, 0.2) is 0 Å². The Balaban J connectivity index is 2.02. The number of nitrogens with two attached hydrogens (primary N) is 1. The molecular formula is C13H24N2O2. The second kappa shape index (κ2) is 5.83. The van der Waals surface area contributed by atoms with Gasteiger partial charge in [-0.15, -0.1) is 0 Å². The van der Waals surface area contributed by atoms with Gasteiger partial charge in [-0.25, -0.2) is 0 Å². The van der Waals surface area contributed by atoms with Crippen LogP contribution in [0.5, 0.6) is 0 Å². The van der Waals surface area contributed by atoms with E-state index >= 15 is 0 Å². The van der Waals surface area contributed by atoms with Gasteiger partial charge in [0.1, 0.15) is 0 Å². The van der Waals surface area contributed by atoms with E-state index in [9.17, 15) is 9.90 Å². The predicted octanol–water partition coefficient (Wildman–Crippen LogP) is 0.877. The molecule has 1 heterocycles. The van der Waals surface area contributed by atoms with Gasteiger partial charge in [-0.3, -0.25) is 4.79 Å². The lowest BCUT2D eigenvalue weighted by molar-refractivity contribution is -0.138. The van der Waals surface area contributed by atoms with Crippen molar-refractivity contribution in [2.75, 3.05) is 13.2 Å². The van der Waals surface area contributed by atoms with E-state index in [0.717, 1.165) is 45.1 Å². The molecular weight excluding hydrogens is 216 g/mol. The first-order chi connectivity index (χ1) is 8.24. The number of likely N-dealkylation sites (tertiary alicyclic amines) is 1. The number of aliphatic hydroxyl groups excluding tert-OH is 1. The van der Waals surface area contributed by atoms with E-state index in [2.05, 4.69) is 0 Å². The highest BCUT2D eigenvalue weighted by molar-refractivity contribution is 5.80. The summed E-state index contributed by atoms with van der Waals surface area (Å²) in [6.45, 7) is 0.890. The zero-order valence-electron chi connectivity index (χ0n) is 10.5. The first-order valence-electron chi connectivity index (χ1n) is 6.91. The zero-order valence-corrected chi connectivity index (χ0v) is 10.5. The van der Waals surface area contributed by atoms with Gasteiger partial charge in [0.2, 0.25) is 5.91 Å². The normalized spacial score (nSPS) is 34.7. The topological polar surface area (TPSA) is 66.6 Å². The fourth-order valence-electron chi connectivity index (χ4n) is 3.17. The van der Waals surface area contributed by atoms with Crippen molar-refractivity contribution in [3.63, 3.8) is 0 Å². The van der Waals surface area contributed by atoms with Crippen LogP contribution >= 0.6 is 0 Å². The second-order valence-corrected chi connectivity index (χ2v) is 5.42. The molecule has 2 aliphatic rings. The maximum absolute atomic E-state index is 12.5. The lowest BCUT2D eigenvalue weighted by Crippen LogP contribution is -2.46. The summed E-state index contributed by atoms with van der Waals surface area (Å²) in [7, 11) is 0. The van der Waals surface area contributed by atoms with Crippen molar-refractivity contribution in [1.29, 1.82) is 0 Å².